The van der Waals surface area contributed by atoms with E-state index in [4.69, 9.17) is 9.47 Å². The van der Waals surface area contributed by atoms with E-state index in [0.29, 0.717) is 23.0 Å². The summed E-state index contributed by atoms with van der Waals surface area (Å²) >= 11 is 0. The van der Waals surface area contributed by atoms with E-state index in [1.807, 2.05) is 21.1 Å². The summed E-state index contributed by atoms with van der Waals surface area (Å²) in [5.41, 5.74) is 0.701. The van der Waals surface area contributed by atoms with Crippen LogP contribution in [0.2, 0.25) is 0 Å². The van der Waals surface area contributed by atoms with Crippen LogP contribution in [0.15, 0.2) is 0 Å². The van der Waals surface area contributed by atoms with Crippen LogP contribution in [0.4, 0.5) is 0 Å². The highest BCUT2D eigenvalue weighted by Gasteiger charge is 2.62. The molecule has 7 atom stereocenters. The van der Waals surface area contributed by atoms with Gasteiger partial charge in [0.2, 0.25) is 0 Å². The van der Waals surface area contributed by atoms with Gasteiger partial charge in [-0.15, -0.1) is 0 Å². The van der Waals surface area contributed by atoms with Crippen LogP contribution in [0.1, 0.15) is 78.6 Å². The lowest BCUT2D eigenvalue weighted by molar-refractivity contribution is -0.261. The molecule has 4 fully saturated rings. The summed E-state index contributed by atoms with van der Waals surface area (Å²) in [7, 11) is 3.62. The second kappa shape index (κ2) is 6.30. The number of hydrogen-bond donors (Lipinski definition) is 0. The van der Waals surface area contributed by atoms with Crippen LogP contribution in [0.3, 0.4) is 0 Å². The van der Waals surface area contributed by atoms with Gasteiger partial charge < -0.3 is 9.47 Å². The zero-order chi connectivity index (χ0) is 18.7. The zero-order valence-corrected chi connectivity index (χ0v) is 17.5. The van der Waals surface area contributed by atoms with Gasteiger partial charge in [0.25, 0.3) is 0 Å². The Morgan fingerprint density at radius 3 is 2.19 bits per heavy atom. The SMILES string of the molecule is COC1(OC)CC[C@@]2(C)C(CC[C@H]3[C@@H]4CC[C@H](C(C)=O)[C@@]4(C)CC[C@@H]32)C1. The Morgan fingerprint density at radius 1 is 0.846 bits per heavy atom. The molecule has 0 heterocycles. The number of methoxy groups -OCH3 is 2. The quantitative estimate of drug-likeness (QED) is 0.645. The lowest BCUT2D eigenvalue weighted by Crippen LogP contribution is -2.56. The number of hydrogen-bond acceptors (Lipinski definition) is 3. The molecular weight excluding hydrogens is 324 g/mol. The number of Topliss-reactive ketones (excluding diaryl/α,β-unsaturated/α-hetero) is 1. The van der Waals surface area contributed by atoms with E-state index in [1.165, 1.54) is 38.5 Å². The molecular formula is C23H38O3. The van der Waals surface area contributed by atoms with Crippen molar-refractivity contribution in [3.05, 3.63) is 0 Å². The first kappa shape index (κ1) is 18.9. The Labute approximate surface area is 159 Å². The molecule has 0 saturated heterocycles. The standard InChI is InChI=1S/C23H38O3/c1-15(24)18-8-9-19-17-7-6-16-14-23(25-4,26-5)13-12-21(16,2)20(17)10-11-22(18,19)3/h16-20H,6-14H2,1-5H3/t16?,17-,18+,19-,20-,21-,22+/m0/s1. The smallest absolute Gasteiger partial charge is 0.167 e. The Morgan fingerprint density at radius 2 is 1.54 bits per heavy atom. The normalized spacial score (nSPS) is 49.8. The van der Waals surface area contributed by atoms with Gasteiger partial charge in [-0.2, -0.15) is 0 Å². The third kappa shape index (κ3) is 2.49. The van der Waals surface area contributed by atoms with Gasteiger partial charge in [-0.1, -0.05) is 13.8 Å². The van der Waals surface area contributed by atoms with Crippen molar-refractivity contribution in [2.24, 2.45) is 40.4 Å². The van der Waals surface area contributed by atoms with Crippen LogP contribution in [-0.4, -0.2) is 25.8 Å². The maximum atomic E-state index is 12.3. The van der Waals surface area contributed by atoms with Gasteiger partial charge in [-0.3, -0.25) is 4.79 Å². The molecule has 0 bridgehead atoms. The summed E-state index contributed by atoms with van der Waals surface area (Å²) in [5.74, 6) is 3.55. The molecule has 0 N–H and O–H groups in total. The first-order chi connectivity index (χ1) is 12.3. The lowest BCUT2D eigenvalue weighted by atomic mass is 9.44. The summed E-state index contributed by atoms with van der Waals surface area (Å²) in [6.45, 7) is 6.85. The molecule has 1 unspecified atom stereocenters. The molecule has 0 aromatic heterocycles. The molecule has 0 amide bonds. The van der Waals surface area contributed by atoms with E-state index in [1.54, 1.807) is 0 Å². The fourth-order valence-corrected chi connectivity index (χ4v) is 8.32. The van der Waals surface area contributed by atoms with Crippen LogP contribution in [-0.2, 0) is 14.3 Å². The van der Waals surface area contributed by atoms with Crippen molar-refractivity contribution in [1.82, 2.24) is 0 Å². The van der Waals surface area contributed by atoms with Gasteiger partial charge in [-0.05, 0) is 86.4 Å². The Kier molecular flexibility index (Phi) is 4.59. The molecule has 0 spiro atoms. The summed E-state index contributed by atoms with van der Waals surface area (Å²) in [4.78, 5) is 12.3. The van der Waals surface area contributed by atoms with E-state index in [-0.39, 0.29) is 11.2 Å². The van der Waals surface area contributed by atoms with Crippen LogP contribution >= 0.6 is 0 Å². The van der Waals surface area contributed by atoms with E-state index in [0.717, 1.165) is 37.0 Å². The average molecular weight is 363 g/mol. The summed E-state index contributed by atoms with van der Waals surface area (Å²) in [5, 5.41) is 0. The fourth-order valence-electron chi connectivity index (χ4n) is 8.32. The summed E-state index contributed by atoms with van der Waals surface area (Å²) in [6, 6.07) is 0. The molecule has 4 saturated carbocycles. The van der Waals surface area contributed by atoms with Gasteiger partial charge in [0, 0.05) is 33.0 Å². The fraction of sp³-hybridized carbons (Fsp3) is 0.957. The number of carbonyl (C=O) groups is 1. The second-order valence-corrected chi connectivity index (χ2v) is 10.5. The Hall–Kier alpha value is -0.410. The number of carbonyl (C=O) groups excluding carboxylic acids is 1. The number of fused-ring (bicyclic) bond motifs is 5. The van der Waals surface area contributed by atoms with Crippen molar-refractivity contribution >= 4 is 5.78 Å². The topological polar surface area (TPSA) is 35.5 Å². The maximum Gasteiger partial charge on any atom is 0.167 e. The molecule has 3 nitrogen and oxygen atoms in total. The van der Waals surface area contributed by atoms with Crippen molar-refractivity contribution in [2.45, 2.75) is 84.3 Å². The van der Waals surface area contributed by atoms with Crippen LogP contribution in [0.5, 0.6) is 0 Å². The molecule has 0 radical (unpaired) electrons. The van der Waals surface area contributed by atoms with E-state index in [2.05, 4.69) is 13.8 Å². The number of ketones is 1. The summed E-state index contributed by atoms with van der Waals surface area (Å²) < 4.78 is 11.6. The minimum absolute atomic E-state index is 0.272. The Bertz CT molecular complexity index is 568. The van der Waals surface area contributed by atoms with Crippen molar-refractivity contribution in [3.63, 3.8) is 0 Å². The zero-order valence-electron chi connectivity index (χ0n) is 17.5. The summed E-state index contributed by atoms with van der Waals surface area (Å²) in [6.07, 6.45) is 10.9. The van der Waals surface area contributed by atoms with Gasteiger partial charge in [-0.25, -0.2) is 0 Å². The largest absolute Gasteiger partial charge is 0.353 e. The molecule has 148 valence electrons. The van der Waals surface area contributed by atoms with E-state index in [9.17, 15) is 4.79 Å². The molecule has 0 aromatic carbocycles. The highest BCUT2D eigenvalue weighted by molar-refractivity contribution is 5.79. The molecule has 26 heavy (non-hydrogen) atoms. The van der Waals surface area contributed by atoms with Gasteiger partial charge in [0.1, 0.15) is 5.78 Å². The Balaban J connectivity index is 1.58. The van der Waals surface area contributed by atoms with Crippen molar-refractivity contribution < 1.29 is 14.3 Å². The third-order valence-corrected chi connectivity index (χ3v) is 9.90. The molecule has 0 aliphatic heterocycles. The molecule has 3 heteroatoms. The lowest BCUT2D eigenvalue weighted by Gasteiger charge is -2.62. The van der Waals surface area contributed by atoms with Crippen LogP contribution in [0, 0.1) is 40.4 Å². The predicted molar refractivity (Wildman–Crippen MR) is 103 cm³/mol. The first-order valence-corrected chi connectivity index (χ1v) is 10.9. The highest BCUT2D eigenvalue weighted by Crippen LogP contribution is 2.68. The average Bonchev–Trinajstić information content (AvgIpc) is 2.99. The van der Waals surface area contributed by atoms with Crippen LogP contribution < -0.4 is 0 Å². The van der Waals surface area contributed by atoms with Crippen LogP contribution in [0.25, 0.3) is 0 Å². The highest BCUT2D eigenvalue weighted by atomic mass is 16.7. The predicted octanol–water partition coefficient (Wildman–Crippen LogP) is 5.22. The third-order valence-electron chi connectivity index (χ3n) is 9.90. The first-order valence-electron chi connectivity index (χ1n) is 10.9. The monoisotopic (exact) mass is 362 g/mol. The molecule has 4 aliphatic carbocycles. The molecule has 4 aliphatic rings. The van der Waals surface area contributed by atoms with Gasteiger partial charge in [0.05, 0.1) is 0 Å². The van der Waals surface area contributed by atoms with Crippen molar-refractivity contribution in [2.75, 3.05) is 14.2 Å². The minimum Gasteiger partial charge on any atom is -0.353 e. The van der Waals surface area contributed by atoms with Gasteiger partial charge in [0.15, 0.2) is 5.79 Å². The van der Waals surface area contributed by atoms with Gasteiger partial charge >= 0.3 is 0 Å². The minimum atomic E-state index is -0.354. The van der Waals surface area contributed by atoms with E-state index < -0.39 is 0 Å². The maximum absolute atomic E-state index is 12.3. The number of rotatable bonds is 3. The van der Waals surface area contributed by atoms with E-state index >= 15 is 0 Å². The van der Waals surface area contributed by atoms with Crippen molar-refractivity contribution in [1.29, 1.82) is 0 Å². The number of ether oxygens (including phenoxy) is 2. The second-order valence-electron chi connectivity index (χ2n) is 10.5. The molecule has 0 aromatic rings. The molecule has 4 rings (SSSR count). The van der Waals surface area contributed by atoms with Crippen molar-refractivity contribution in [3.8, 4) is 0 Å².